The third-order valence-corrected chi connectivity index (χ3v) is 10.5. The van der Waals surface area contributed by atoms with Gasteiger partial charge < -0.3 is 4.57 Å². The van der Waals surface area contributed by atoms with Gasteiger partial charge in [0.2, 0.25) is 0 Å². The second kappa shape index (κ2) is 9.73. The summed E-state index contributed by atoms with van der Waals surface area (Å²) in [5, 5.41) is 2.60. The van der Waals surface area contributed by atoms with Crippen molar-refractivity contribution in [3.63, 3.8) is 0 Å². The SMILES string of the molecule is c1ccc(-c2cc(-c3ccc(-n4c5c6ccccc6sc5c5sc6ccccc6c54)cc3)nc(-c3ccccc3)n2)cc1. The average Bonchev–Trinajstić information content (AvgIpc) is 3.74. The quantitative estimate of drug-likeness (QED) is 0.206. The summed E-state index contributed by atoms with van der Waals surface area (Å²) in [4.78, 5) is 10.0. The number of nitrogens with zero attached hydrogens (tertiary/aromatic N) is 3. The van der Waals surface area contributed by atoms with Crippen LogP contribution < -0.4 is 0 Å². The van der Waals surface area contributed by atoms with Gasteiger partial charge in [-0.25, -0.2) is 9.97 Å². The van der Waals surface area contributed by atoms with E-state index in [0.29, 0.717) is 0 Å². The maximum Gasteiger partial charge on any atom is 0.160 e. The van der Waals surface area contributed by atoms with Crippen LogP contribution in [0.1, 0.15) is 0 Å². The second-order valence-electron chi connectivity index (χ2n) is 10.6. The van der Waals surface area contributed by atoms with Crippen molar-refractivity contribution in [2.45, 2.75) is 0 Å². The fourth-order valence-electron chi connectivity index (χ4n) is 6.04. The van der Waals surface area contributed by atoms with Gasteiger partial charge in [-0.15, -0.1) is 22.7 Å². The summed E-state index contributed by atoms with van der Waals surface area (Å²) in [6.45, 7) is 0. The van der Waals surface area contributed by atoms with Crippen LogP contribution in [0.25, 0.3) is 80.2 Å². The molecule has 0 aliphatic carbocycles. The summed E-state index contributed by atoms with van der Waals surface area (Å²) in [7, 11) is 0. The van der Waals surface area contributed by atoms with E-state index < -0.39 is 0 Å². The molecule has 43 heavy (non-hydrogen) atoms. The summed E-state index contributed by atoms with van der Waals surface area (Å²) in [6.07, 6.45) is 0. The summed E-state index contributed by atoms with van der Waals surface area (Å²) in [5.41, 5.74) is 8.69. The molecule has 0 atom stereocenters. The van der Waals surface area contributed by atoms with Crippen LogP contribution in [-0.2, 0) is 0 Å². The Morgan fingerprint density at radius 3 is 1.47 bits per heavy atom. The third-order valence-electron chi connectivity index (χ3n) is 8.04. The van der Waals surface area contributed by atoms with Crippen LogP contribution in [0.5, 0.6) is 0 Å². The van der Waals surface area contributed by atoms with Crippen molar-refractivity contribution in [1.29, 1.82) is 0 Å². The minimum absolute atomic E-state index is 0.726. The molecular formula is C38H23N3S2. The highest BCUT2D eigenvalue weighted by molar-refractivity contribution is 7.33. The van der Waals surface area contributed by atoms with E-state index in [1.807, 2.05) is 46.9 Å². The lowest BCUT2D eigenvalue weighted by molar-refractivity contribution is 1.17. The van der Waals surface area contributed by atoms with Crippen molar-refractivity contribution < 1.29 is 0 Å². The molecule has 9 rings (SSSR count). The van der Waals surface area contributed by atoms with Gasteiger partial charge >= 0.3 is 0 Å². The predicted molar refractivity (Wildman–Crippen MR) is 183 cm³/mol. The fourth-order valence-corrected chi connectivity index (χ4v) is 8.54. The number of hydrogen-bond acceptors (Lipinski definition) is 4. The molecule has 0 saturated carbocycles. The maximum atomic E-state index is 5.04. The average molecular weight is 586 g/mol. The molecule has 0 aliphatic heterocycles. The Bertz CT molecular complexity index is 2290. The van der Waals surface area contributed by atoms with Crippen LogP contribution in [-0.4, -0.2) is 14.5 Å². The van der Waals surface area contributed by atoms with Gasteiger partial charge in [-0.05, 0) is 30.3 Å². The predicted octanol–water partition coefficient (Wildman–Crippen LogP) is 11.0. The van der Waals surface area contributed by atoms with Crippen molar-refractivity contribution in [3.8, 4) is 39.6 Å². The molecule has 5 aromatic carbocycles. The van der Waals surface area contributed by atoms with E-state index in [1.54, 1.807) is 0 Å². The topological polar surface area (TPSA) is 30.7 Å². The summed E-state index contributed by atoms with van der Waals surface area (Å²) in [5.74, 6) is 0.726. The molecular weight excluding hydrogens is 563 g/mol. The Morgan fingerprint density at radius 1 is 0.442 bits per heavy atom. The lowest BCUT2D eigenvalue weighted by Crippen LogP contribution is -1.97. The van der Waals surface area contributed by atoms with Crippen molar-refractivity contribution in [1.82, 2.24) is 14.5 Å². The minimum atomic E-state index is 0.726. The second-order valence-corrected chi connectivity index (χ2v) is 12.7. The smallest absolute Gasteiger partial charge is 0.160 e. The Labute approximate surface area is 256 Å². The van der Waals surface area contributed by atoms with E-state index in [2.05, 4.69) is 120 Å². The first-order valence-corrected chi connectivity index (χ1v) is 15.9. The van der Waals surface area contributed by atoms with Crippen LogP contribution in [0.15, 0.2) is 140 Å². The zero-order chi connectivity index (χ0) is 28.3. The van der Waals surface area contributed by atoms with Crippen LogP contribution in [0, 0.1) is 0 Å². The van der Waals surface area contributed by atoms with Crippen molar-refractivity contribution in [3.05, 3.63) is 140 Å². The van der Waals surface area contributed by atoms with Gasteiger partial charge in [-0.3, -0.25) is 0 Å². The van der Waals surface area contributed by atoms with Crippen LogP contribution in [0.4, 0.5) is 0 Å². The monoisotopic (exact) mass is 585 g/mol. The van der Waals surface area contributed by atoms with Gasteiger partial charge in [-0.1, -0.05) is 109 Å². The van der Waals surface area contributed by atoms with Crippen molar-refractivity contribution in [2.24, 2.45) is 0 Å². The minimum Gasteiger partial charge on any atom is -0.306 e. The molecule has 3 nitrogen and oxygen atoms in total. The maximum absolute atomic E-state index is 5.04. The largest absolute Gasteiger partial charge is 0.306 e. The number of thiophene rings is 2. The lowest BCUT2D eigenvalue weighted by atomic mass is 10.1. The highest BCUT2D eigenvalue weighted by Gasteiger charge is 2.21. The lowest BCUT2D eigenvalue weighted by Gasteiger charge is -2.11. The first-order valence-electron chi connectivity index (χ1n) is 14.3. The summed E-state index contributed by atoms with van der Waals surface area (Å²) in [6, 6.07) is 49.0. The summed E-state index contributed by atoms with van der Waals surface area (Å²) >= 11 is 3.79. The molecule has 5 heteroatoms. The first-order chi connectivity index (χ1) is 21.3. The number of aromatic nitrogens is 3. The first kappa shape index (κ1) is 24.5. The van der Waals surface area contributed by atoms with E-state index in [0.717, 1.165) is 39.6 Å². The molecule has 0 aliphatic rings. The van der Waals surface area contributed by atoms with E-state index in [9.17, 15) is 0 Å². The van der Waals surface area contributed by atoms with Gasteiger partial charge in [-0.2, -0.15) is 0 Å². The Hall–Kier alpha value is -5.10. The van der Waals surface area contributed by atoms with Gasteiger partial charge in [0.05, 0.1) is 31.8 Å². The number of benzene rings is 5. The molecule has 4 aromatic heterocycles. The van der Waals surface area contributed by atoms with E-state index in [-0.39, 0.29) is 0 Å². The molecule has 0 fully saturated rings. The van der Waals surface area contributed by atoms with E-state index in [1.165, 1.54) is 40.6 Å². The van der Waals surface area contributed by atoms with E-state index in [4.69, 9.17) is 9.97 Å². The van der Waals surface area contributed by atoms with Crippen molar-refractivity contribution in [2.75, 3.05) is 0 Å². The molecule has 202 valence electrons. The highest BCUT2D eigenvalue weighted by atomic mass is 32.1. The normalized spacial score (nSPS) is 11.7. The number of rotatable bonds is 4. The summed E-state index contributed by atoms with van der Waals surface area (Å²) < 4.78 is 7.83. The Morgan fingerprint density at radius 2 is 0.907 bits per heavy atom. The molecule has 0 spiro atoms. The highest BCUT2D eigenvalue weighted by Crippen LogP contribution is 2.48. The number of hydrogen-bond donors (Lipinski definition) is 0. The Kier molecular flexibility index (Phi) is 5.54. The van der Waals surface area contributed by atoms with E-state index >= 15 is 0 Å². The standard InChI is InChI=1S/C38H23N3S2/c1-3-11-24(12-4-1)30-23-31(40-38(39-30)26-13-5-2-6-14-26)25-19-21-27(22-20-25)41-34-28-15-7-9-17-32(28)42-36(34)37-35(41)29-16-8-10-18-33(29)43-37/h1-23H. The molecule has 0 bridgehead atoms. The number of fused-ring (bicyclic) bond motifs is 7. The van der Waals surface area contributed by atoms with Crippen molar-refractivity contribution >= 4 is 63.3 Å². The molecule has 0 amide bonds. The van der Waals surface area contributed by atoms with Crippen LogP contribution in [0.2, 0.25) is 0 Å². The molecule has 0 radical (unpaired) electrons. The van der Waals surface area contributed by atoms with Gasteiger partial charge in [0.25, 0.3) is 0 Å². The van der Waals surface area contributed by atoms with Crippen LogP contribution in [0.3, 0.4) is 0 Å². The fraction of sp³-hybridized carbons (Fsp3) is 0. The van der Waals surface area contributed by atoms with Crippen LogP contribution >= 0.6 is 22.7 Å². The van der Waals surface area contributed by atoms with Gasteiger partial charge in [0, 0.05) is 42.6 Å². The molecule has 0 saturated heterocycles. The zero-order valence-electron chi connectivity index (χ0n) is 22.9. The molecule has 9 aromatic rings. The molecule has 0 N–H and O–H groups in total. The molecule has 0 unspecified atom stereocenters. The zero-order valence-corrected chi connectivity index (χ0v) is 24.6. The Balaban J connectivity index is 1.24. The third kappa shape index (κ3) is 3.93. The van der Waals surface area contributed by atoms with Gasteiger partial charge in [0.15, 0.2) is 5.82 Å². The molecule has 4 heterocycles. The van der Waals surface area contributed by atoms with Gasteiger partial charge in [0.1, 0.15) is 0 Å².